The first-order chi connectivity index (χ1) is 13.9. The van der Waals surface area contributed by atoms with Crippen molar-refractivity contribution in [1.29, 1.82) is 0 Å². The van der Waals surface area contributed by atoms with Gasteiger partial charge in [-0.05, 0) is 42.2 Å². The molecule has 1 saturated carbocycles. The number of carbonyl (C=O) groups is 1. The summed E-state index contributed by atoms with van der Waals surface area (Å²) in [5.41, 5.74) is 0.891. The second kappa shape index (κ2) is 9.08. The molecule has 10 heteroatoms. The number of hydrogen-bond donors (Lipinski definition) is 1. The van der Waals surface area contributed by atoms with E-state index in [1.54, 1.807) is 19.9 Å². The Morgan fingerprint density at radius 1 is 1.28 bits per heavy atom. The van der Waals surface area contributed by atoms with Crippen molar-refractivity contribution in [3.63, 3.8) is 0 Å². The fourth-order valence-electron chi connectivity index (χ4n) is 3.75. The van der Waals surface area contributed by atoms with E-state index in [2.05, 4.69) is 22.6 Å². The minimum absolute atomic E-state index is 0.140. The van der Waals surface area contributed by atoms with E-state index in [1.807, 2.05) is 0 Å². The molecule has 29 heavy (non-hydrogen) atoms. The van der Waals surface area contributed by atoms with Gasteiger partial charge in [0.2, 0.25) is 10.0 Å². The van der Waals surface area contributed by atoms with Crippen LogP contribution in [0, 0.1) is 5.92 Å². The number of rotatable bonds is 8. The first-order valence-electron chi connectivity index (χ1n) is 10.1. The molecule has 1 N–H and O–H groups in total. The van der Waals surface area contributed by atoms with Crippen molar-refractivity contribution in [3.05, 3.63) is 18.2 Å². The zero-order valence-corrected chi connectivity index (χ0v) is 18.0. The molecule has 2 aromatic rings. The molecule has 0 radical (unpaired) electrons. The minimum atomic E-state index is -3.61. The van der Waals surface area contributed by atoms with Gasteiger partial charge in [0.1, 0.15) is 11.0 Å². The van der Waals surface area contributed by atoms with Gasteiger partial charge in [-0.3, -0.25) is 4.79 Å². The highest BCUT2D eigenvalue weighted by molar-refractivity contribution is 7.89. The number of fused-ring (bicyclic) bond motifs is 1. The Bertz CT molecular complexity index is 955. The van der Waals surface area contributed by atoms with Crippen LogP contribution in [-0.2, 0) is 14.8 Å². The number of sulfonamides is 1. The summed E-state index contributed by atoms with van der Waals surface area (Å²) in [7, 11) is -3.61. The van der Waals surface area contributed by atoms with Gasteiger partial charge in [0.25, 0.3) is 5.91 Å². The van der Waals surface area contributed by atoms with Crippen molar-refractivity contribution >= 4 is 27.0 Å². The number of hydrogen-bond acceptors (Lipinski definition) is 6. The maximum atomic E-state index is 12.8. The molecule has 1 aromatic heterocycles. The third-order valence-corrected chi connectivity index (χ3v) is 7.55. The van der Waals surface area contributed by atoms with Gasteiger partial charge >= 0.3 is 0 Å². The molecule has 160 valence electrons. The lowest BCUT2D eigenvalue weighted by molar-refractivity contribution is -0.127. The van der Waals surface area contributed by atoms with Gasteiger partial charge < -0.3 is 10.2 Å². The SMILES string of the molecule is CCN(CC)S(=O)(=O)c1ccc2nnn(OCC(=O)N[C@H]3CCCC[C@H]3C)c2c1. The summed E-state index contributed by atoms with van der Waals surface area (Å²) in [5, 5.41) is 10.9. The second-order valence-corrected chi connectivity index (χ2v) is 9.35. The summed E-state index contributed by atoms with van der Waals surface area (Å²) < 4.78 is 26.9. The van der Waals surface area contributed by atoms with Crippen LogP contribution < -0.4 is 10.2 Å². The van der Waals surface area contributed by atoms with Crippen LogP contribution in [0.15, 0.2) is 23.1 Å². The molecule has 0 aliphatic heterocycles. The molecule has 0 unspecified atom stereocenters. The largest absolute Gasteiger partial charge is 0.385 e. The normalized spacial score (nSPS) is 20.1. The van der Waals surface area contributed by atoms with Gasteiger partial charge in [-0.25, -0.2) is 8.42 Å². The van der Waals surface area contributed by atoms with Gasteiger partial charge in [0.05, 0.1) is 4.90 Å². The average Bonchev–Trinajstić information content (AvgIpc) is 3.11. The smallest absolute Gasteiger partial charge is 0.261 e. The Hall–Kier alpha value is -2.20. The molecule has 9 nitrogen and oxygen atoms in total. The van der Waals surface area contributed by atoms with Crippen molar-refractivity contribution in [1.82, 2.24) is 24.8 Å². The van der Waals surface area contributed by atoms with Gasteiger partial charge in [0.15, 0.2) is 6.61 Å². The highest BCUT2D eigenvalue weighted by atomic mass is 32.2. The van der Waals surface area contributed by atoms with E-state index in [4.69, 9.17) is 4.84 Å². The van der Waals surface area contributed by atoms with E-state index in [1.165, 1.54) is 22.9 Å². The molecule has 2 atom stereocenters. The summed E-state index contributed by atoms with van der Waals surface area (Å²) in [6.45, 7) is 6.28. The molecule has 1 aliphatic rings. The zero-order valence-electron chi connectivity index (χ0n) is 17.2. The molecular formula is C19H29N5O4S. The third-order valence-electron chi connectivity index (χ3n) is 5.51. The lowest BCUT2D eigenvalue weighted by Crippen LogP contribution is -2.43. The van der Waals surface area contributed by atoms with E-state index in [0.29, 0.717) is 30.0 Å². The first-order valence-corrected chi connectivity index (χ1v) is 11.6. The van der Waals surface area contributed by atoms with Crippen LogP contribution in [0.25, 0.3) is 11.0 Å². The summed E-state index contributed by atoms with van der Waals surface area (Å²) in [6.07, 6.45) is 4.41. The van der Waals surface area contributed by atoms with Crippen molar-refractivity contribution in [2.75, 3.05) is 19.7 Å². The molecule has 0 spiro atoms. The van der Waals surface area contributed by atoms with Crippen molar-refractivity contribution < 1.29 is 18.0 Å². The molecule has 1 aliphatic carbocycles. The van der Waals surface area contributed by atoms with E-state index >= 15 is 0 Å². The number of benzene rings is 1. The van der Waals surface area contributed by atoms with Crippen molar-refractivity contribution in [3.8, 4) is 0 Å². The number of carbonyl (C=O) groups excluding carboxylic acids is 1. The Balaban J connectivity index is 1.72. The predicted molar refractivity (Wildman–Crippen MR) is 109 cm³/mol. The van der Waals surface area contributed by atoms with Gasteiger partial charge in [0, 0.05) is 19.1 Å². The third kappa shape index (κ3) is 4.69. The van der Waals surface area contributed by atoms with Crippen molar-refractivity contribution in [2.45, 2.75) is 57.4 Å². The molecule has 3 rings (SSSR count). The molecule has 0 bridgehead atoms. The monoisotopic (exact) mass is 423 g/mol. The van der Waals surface area contributed by atoms with E-state index < -0.39 is 10.0 Å². The average molecular weight is 424 g/mol. The maximum absolute atomic E-state index is 12.8. The number of aromatic nitrogens is 3. The molecule has 1 fully saturated rings. The molecule has 1 aromatic carbocycles. The van der Waals surface area contributed by atoms with Gasteiger partial charge in [-0.15, -0.1) is 5.10 Å². The highest BCUT2D eigenvalue weighted by Crippen LogP contribution is 2.23. The summed E-state index contributed by atoms with van der Waals surface area (Å²) in [6, 6.07) is 4.73. The van der Waals surface area contributed by atoms with Gasteiger partial charge in [-0.1, -0.05) is 38.5 Å². The second-order valence-electron chi connectivity index (χ2n) is 7.41. The molecule has 1 heterocycles. The van der Waals surface area contributed by atoms with Crippen LogP contribution in [-0.4, -0.2) is 59.5 Å². The molecular weight excluding hydrogens is 394 g/mol. The molecule has 0 saturated heterocycles. The van der Waals surface area contributed by atoms with Crippen LogP contribution in [0.1, 0.15) is 46.5 Å². The number of nitrogens with one attached hydrogen (secondary N) is 1. The van der Waals surface area contributed by atoms with Crippen LogP contribution in [0.2, 0.25) is 0 Å². The van der Waals surface area contributed by atoms with Crippen LogP contribution in [0.3, 0.4) is 0 Å². The standard InChI is InChI=1S/C19H29N5O4S/c1-4-23(5-2)29(26,27)15-10-11-17-18(12-15)24(22-21-17)28-13-19(25)20-16-9-7-6-8-14(16)3/h10-12,14,16H,4-9,13H2,1-3H3,(H,20,25)/t14-,16+/m1/s1. The summed E-state index contributed by atoms with van der Waals surface area (Å²) in [5.74, 6) is 0.229. The van der Waals surface area contributed by atoms with Crippen LogP contribution in [0.5, 0.6) is 0 Å². The van der Waals surface area contributed by atoms with Gasteiger partial charge in [-0.2, -0.15) is 4.31 Å². The fraction of sp³-hybridized carbons (Fsp3) is 0.632. The van der Waals surface area contributed by atoms with Crippen molar-refractivity contribution in [2.24, 2.45) is 5.92 Å². The zero-order chi connectivity index (χ0) is 21.0. The number of nitrogens with zero attached hydrogens (tertiary/aromatic N) is 4. The van der Waals surface area contributed by atoms with Crippen LogP contribution >= 0.6 is 0 Å². The summed E-state index contributed by atoms with van der Waals surface area (Å²) >= 11 is 0. The van der Waals surface area contributed by atoms with E-state index in [-0.39, 0.29) is 23.5 Å². The fourth-order valence-corrected chi connectivity index (χ4v) is 5.22. The minimum Gasteiger partial charge on any atom is -0.385 e. The Kier molecular flexibility index (Phi) is 6.74. The van der Waals surface area contributed by atoms with E-state index in [0.717, 1.165) is 24.1 Å². The quantitative estimate of drug-likeness (QED) is 0.691. The maximum Gasteiger partial charge on any atom is 0.261 e. The highest BCUT2D eigenvalue weighted by Gasteiger charge is 2.24. The Labute approximate surface area is 171 Å². The lowest BCUT2D eigenvalue weighted by atomic mass is 9.86. The van der Waals surface area contributed by atoms with E-state index in [9.17, 15) is 13.2 Å². The topological polar surface area (TPSA) is 106 Å². The Morgan fingerprint density at radius 3 is 2.69 bits per heavy atom. The first kappa shape index (κ1) is 21.5. The number of amides is 1. The lowest BCUT2D eigenvalue weighted by Gasteiger charge is -2.29. The Morgan fingerprint density at radius 2 is 2.00 bits per heavy atom. The molecule has 1 amide bonds. The predicted octanol–water partition coefficient (Wildman–Crippen LogP) is 1.59. The van der Waals surface area contributed by atoms with Crippen LogP contribution in [0.4, 0.5) is 0 Å². The summed E-state index contributed by atoms with van der Waals surface area (Å²) in [4.78, 5) is 19.0.